The molecule has 0 aliphatic heterocycles. The monoisotopic (exact) mass is 207 g/mol. The van der Waals surface area contributed by atoms with Crippen LogP contribution in [0, 0.1) is 0 Å². The van der Waals surface area contributed by atoms with Crippen LogP contribution in [0.5, 0.6) is 5.75 Å². The average molecular weight is 207 g/mol. The molecule has 0 aliphatic carbocycles. The van der Waals surface area contributed by atoms with Crippen LogP contribution in [0.25, 0.3) is 0 Å². The molecule has 0 saturated carbocycles. The van der Waals surface area contributed by atoms with Gasteiger partial charge in [-0.25, -0.2) is 0 Å². The zero-order valence-electron chi connectivity index (χ0n) is 9.92. The maximum absolute atomic E-state index is 5.42. The van der Waals surface area contributed by atoms with Gasteiger partial charge in [-0.05, 0) is 44.0 Å². The molecule has 0 aliphatic rings. The van der Waals surface area contributed by atoms with Crippen molar-refractivity contribution in [3.05, 3.63) is 29.8 Å². The normalized spacial score (nSPS) is 12.5. The van der Waals surface area contributed by atoms with Gasteiger partial charge in [-0.1, -0.05) is 19.1 Å². The van der Waals surface area contributed by atoms with Gasteiger partial charge in [-0.15, -0.1) is 0 Å². The number of ether oxygens (including phenoxy) is 1. The molecule has 2 heteroatoms. The quantitative estimate of drug-likeness (QED) is 0.774. The largest absolute Gasteiger partial charge is 0.494 e. The topological polar surface area (TPSA) is 21.3 Å². The highest BCUT2D eigenvalue weighted by Gasteiger charge is 2.07. The van der Waals surface area contributed by atoms with Gasteiger partial charge in [0, 0.05) is 6.54 Å². The van der Waals surface area contributed by atoms with Crippen LogP contribution in [-0.2, 0) is 0 Å². The highest BCUT2D eigenvalue weighted by Crippen LogP contribution is 2.21. The smallest absolute Gasteiger partial charge is 0.119 e. The molecule has 84 valence electrons. The summed E-state index contributed by atoms with van der Waals surface area (Å²) in [5, 5.41) is 3.23. The van der Waals surface area contributed by atoms with E-state index in [2.05, 4.69) is 36.5 Å². The fraction of sp³-hybridized carbons (Fsp3) is 0.538. The summed E-state index contributed by atoms with van der Waals surface area (Å²) in [4.78, 5) is 0. The lowest BCUT2D eigenvalue weighted by Gasteiger charge is -2.15. The number of hydrogen-bond acceptors (Lipinski definition) is 2. The zero-order valence-corrected chi connectivity index (χ0v) is 9.92. The van der Waals surface area contributed by atoms with Crippen LogP contribution in [0.15, 0.2) is 24.3 Å². The first-order chi connectivity index (χ1) is 7.31. The van der Waals surface area contributed by atoms with E-state index in [9.17, 15) is 0 Å². The summed E-state index contributed by atoms with van der Waals surface area (Å²) in [7, 11) is 2.00. The molecule has 1 unspecified atom stereocenters. The van der Waals surface area contributed by atoms with Crippen molar-refractivity contribution in [2.24, 2.45) is 0 Å². The van der Waals surface area contributed by atoms with Gasteiger partial charge in [0.1, 0.15) is 5.75 Å². The van der Waals surface area contributed by atoms with E-state index in [4.69, 9.17) is 4.74 Å². The van der Waals surface area contributed by atoms with Gasteiger partial charge in [0.15, 0.2) is 0 Å². The molecule has 0 heterocycles. The predicted molar refractivity (Wildman–Crippen MR) is 64.6 cm³/mol. The summed E-state index contributed by atoms with van der Waals surface area (Å²) in [6.07, 6.45) is 1.16. The van der Waals surface area contributed by atoms with Crippen molar-refractivity contribution < 1.29 is 4.74 Å². The fourth-order valence-electron chi connectivity index (χ4n) is 1.75. The number of hydrogen-bond donors (Lipinski definition) is 1. The molecule has 1 atom stereocenters. The third kappa shape index (κ3) is 3.56. The van der Waals surface area contributed by atoms with Crippen LogP contribution in [0.2, 0.25) is 0 Å². The van der Waals surface area contributed by atoms with Gasteiger partial charge >= 0.3 is 0 Å². The van der Waals surface area contributed by atoms with E-state index in [-0.39, 0.29) is 0 Å². The van der Waals surface area contributed by atoms with Crippen LogP contribution >= 0.6 is 0 Å². The first-order valence-corrected chi connectivity index (χ1v) is 5.69. The van der Waals surface area contributed by atoms with Crippen LogP contribution in [0.3, 0.4) is 0 Å². The Kier molecular flexibility index (Phi) is 5.19. The van der Waals surface area contributed by atoms with Crippen molar-refractivity contribution in [1.82, 2.24) is 5.32 Å². The van der Waals surface area contributed by atoms with Crippen molar-refractivity contribution in [1.29, 1.82) is 0 Å². The number of likely N-dealkylation sites (N-methyl/N-ethyl adjacent to an activating group) is 1. The molecule has 0 amide bonds. The van der Waals surface area contributed by atoms with E-state index in [1.807, 2.05) is 14.0 Å². The second-order valence-electron chi connectivity index (χ2n) is 3.66. The Labute approximate surface area is 92.6 Å². The van der Waals surface area contributed by atoms with Crippen molar-refractivity contribution >= 4 is 0 Å². The molecule has 0 spiro atoms. The van der Waals surface area contributed by atoms with E-state index in [0.717, 1.165) is 25.3 Å². The van der Waals surface area contributed by atoms with Crippen LogP contribution < -0.4 is 10.1 Å². The summed E-state index contributed by atoms with van der Waals surface area (Å²) >= 11 is 0. The summed E-state index contributed by atoms with van der Waals surface area (Å²) in [5.41, 5.74) is 1.38. The first kappa shape index (κ1) is 12.1. The lowest BCUT2D eigenvalue weighted by molar-refractivity contribution is 0.340. The number of benzene rings is 1. The third-order valence-electron chi connectivity index (χ3n) is 2.61. The van der Waals surface area contributed by atoms with Crippen molar-refractivity contribution in [2.75, 3.05) is 20.2 Å². The summed E-state index contributed by atoms with van der Waals surface area (Å²) in [5.74, 6) is 1.56. The van der Waals surface area contributed by atoms with E-state index >= 15 is 0 Å². The minimum atomic E-state index is 0.602. The van der Waals surface area contributed by atoms with Gasteiger partial charge < -0.3 is 10.1 Å². The molecule has 0 bridgehead atoms. The van der Waals surface area contributed by atoms with Gasteiger partial charge in [0.05, 0.1) is 6.61 Å². The minimum Gasteiger partial charge on any atom is -0.494 e. The summed E-state index contributed by atoms with van der Waals surface area (Å²) < 4.78 is 5.42. The molecule has 0 radical (unpaired) electrons. The molecule has 1 aromatic carbocycles. The maximum Gasteiger partial charge on any atom is 0.119 e. The highest BCUT2D eigenvalue weighted by molar-refractivity contribution is 5.29. The van der Waals surface area contributed by atoms with Crippen LogP contribution in [0.4, 0.5) is 0 Å². The second-order valence-corrected chi connectivity index (χ2v) is 3.66. The Morgan fingerprint density at radius 3 is 2.33 bits per heavy atom. The van der Waals surface area contributed by atoms with Crippen molar-refractivity contribution in [3.63, 3.8) is 0 Å². The SMILES string of the molecule is CCOc1ccc(C(CC)CNC)cc1. The Morgan fingerprint density at radius 1 is 1.20 bits per heavy atom. The lowest BCUT2D eigenvalue weighted by atomic mass is 9.96. The van der Waals surface area contributed by atoms with Crippen molar-refractivity contribution in [2.45, 2.75) is 26.2 Å². The van der Waals surface area contributed by atoms with Gasteiger partial charge in [-0.3, -0.25) is 0 Å². The Balaban J connectivity index is 2.68. The molecule has 1 N–H and O–H groups in total. The molecule has 1 aromatic rings. The van der Waals surface area contributed by atoms with Gasteiger partial charge in [0.2, 0.25) is 0 Å². The minimum absolute atomic E-state index is 0.602. The Hall–Kier alpha value is -1.02. The fourth-order valence-corrected chi connectivity index (χ4v) is 1.75. The van der Waals surface area contributed by atoms with Crippen LogP contribution in [-0.4, -0.2) is 20.2 Å². The molecule has 1 rings (SSSR count). The highest BCUT2D eigenvalue weighted by atomic mass is 16.5. The predicted octanol–water partition coefficient (Wildman–Crippen LogP) is 2.80. The molecule has 15 heavy (non-hydrogen) atoms. The summed E-state index contributed by atoms with van der Waals surface area (Å²) in [6.45, 7) is 5.99. The number of nitrogens with one attached hydrogen (secondary N) is 1. The Bertz CT molecular complexity index is 268. The third-order valence-corrected chi connectivity index (χ3v) is 2.61. The van der Waals surface area contributed by atoms with E-state index in [1.54, 1.807) is 0 Å². The molecule has 2 nitrogen and oxygen atoms in total. The van der Waals surface area contributed by atoms with Gasteiger partial charge in [0.25, 0.3) is 0 Å². The number of rotatable bonds is 6. The maximum atomic E-state index is 5.42. The zero-order chi connectivity index (χ0) is 11.1. The second kappa shape index (κ2) is 6.46. The molecule has 0 saturated heterocycles. The van der Waals surface area contributed by atoms with Crippen LogP contribution in [0.1, 0.15) is 31.7 Å². The van der Waals surface area contributed by atoms with E-state index in [1.165, 1.54) is 5.56 Å². The lowest BCUT2D eigenvalue weighted by Crippen LogP contribution is -2.16. The molecular formula is C13H21NO. The Morgan fingerprint density at radius 2 is 1.87 bits per heavy atom. The summed E-state index contributed by atoms with van der Waals surface area (Å²) in [6, 6.07) is 8.43. The first-order valence-electron chi connectivity index (χ1n) is 5.69. The average Bonchev–Trinajstić information content (AvgIpc) is 2.28. The van der Waals surface area contributed by atoms with E-state index in [0.29, 0.717) is 5.92 Å². The molecule has 0 aromatic heterocycles. The van der Waals surface area contributed by atoms with Gasteiger partial charge in [-0.2, -0.15) is 0 Å². The standard InChI is InChI=1S/C13H21NO/c1-4-11(10-14-3)12-6-8-13(9-7-12)15-5-2/h6-9,11,14H,4-5,10H2,1-3H3. The molecule has 0 fully saturated rings. The van der Waals surface area contributed by atoms with Crippen molar-refractivity contribution in [3.8, 4) is 5.75 Å². The molecular weight excluding hydrogens is 186 g/mol. The van der Waals surface area contributed by atoms with E-state index < -0.39 is 0 Å².